The van der Waals surface area contributed by atoms with Crippen molar-refractivity contribution >= 4 is 39.5 Å². The van der Waals surface area contributed by atoms with Gasteiger partial charge >= 0.3 is 0 Å². The molecule has 4 rings (SSSR count). The maximum absolute atomic E-state index is 13.0. The van der Waals surface area contributed by atoms with Gasteiger partial charge in [-0.1, -0.05) is 30.3 Å². The van der Waals surface area contributed by atoms with Crippen LogP contribution in [0.1, 0.15) is 18.5 Å². The fourth-order valence-corrected chi connectivity index (χ4v) is 4.19. The van der Waals surface area contributed by atoms with Crippen LogP contribution >= 0.6 is 11.8 Å². The number of rotatable bonds is 6. The molecule has 2 heterocycles. The second-order valence-corrected chi connectivity index (χ2v) is 8.17. The number of aromatic nitrogens is 3. The van der Waals surface area contributed by atoms with Crippen LogP contribution in [0.5, 0.6) is 0 Å². The Morgan fingerprint density at radius 1 is 1.13 bits per heavy atom. The third-order valence-corrected chi connectivity index (χ3v) is 6.19. The van der Waals surface area contributed by atoms with Gasteiger partial charge in [-0.3, -0.25) is 9.59 Å². The van der Waals surface area contributed by atoms with Crippen LogP contribution in [0.4, 0.5) is 0 Å². The van der Waals surface area contributed by atoms with Gasteiger partial charge in [0.05, 0.1) is 11.7 Å². The second kappa shape index (κ2) is 8.36. The Kier molecular flexibility index (Phi) is 5.63. The van der Waals surface area contributed by atoms with Crippen LogP contribution in [0, 0.1) is 0 Å². The molecule has 30 heavy (non-hydrogen) atoms. The monoisotopic (exact) mass is 420 g/mol. The summed E-state index contributed by atoms with van der Waals surface area (Å²) >= 11 is 1.71. The number of para-hydroxylation sites is 1. The number of benzene rings is 2. The van der Waals surface area contributed by atoms with E-state index in [1.165, 1.54) is 15.1 Å². The number of hydrogen-bond donors (Lipinski definition) is 1. The summed E-state index contributed by atoms with van der Waals surface area (Å²) in [4.78, 5) is 27.0. The molecule has 154 valence electrons. The van der Waals surface area contributed by atoms with Crippen LogP contribution in [-0.4, -0.2) is 33.1 Å². The number of aryl methyl sites for hydroxylation is 1. The first-order chi connectivity index (χ1) is 14.5. The maximum atomic E-state index is 13.0. The number of nitrogens with one attached hydrogen (secondary N) is 1. The average Bonchev–Trinajstić information content (AvgIpc) is 3.11. The SMILES string of the molecule is CSc1ccc(CCNC(=O)C(C)n2c3ccccc3c3cnn(C)c(=O)c32)cc1. The van der Waals surface area contributed by atoms with Gasteiger partial charge in [0.15, 0.2) is 0 Å². The molecule has 0 aliphatic rings. The molecule has 0 fully saturated rings. The third kappa shape index (κ3) is 3.61. The van der Waals surface area contributed by atoms with Gasteiger partial charge in [0.2, 0.25) is 5.91 Å². The Morgan fingerprint density at radius 2 is 1.87 bits per heavy atom. The molecule has 4 aromatic rings. The Bertz CT molecular complexity index is 1270. The number of thioether (sulfide) groups is 1. The van der Waals surface area contributed by atoms with Crippen molar-refractivity contribution in [2.24, 2.45) is 7.05 Å². The summed E-state index contributed by atoms with van der Waals surface area (Å²) < 4.78 is 3.14. The standard InChI is InChI=1S/C23H24N4O2S/c1-15(22(28)24-13-12-16-8-10-17(30-3)11-9-16)27-20-7-5-4-6-18(20)19-14-25-26(2)23(29)21(19)27/h4-11,14-15H,12-13H2,1-3H3,(H,24,28). The van der Waals surface area contributed by atoms with Crippen molar-refractivity contribution < 1.29 is 4.79 Å². The third-order valence-electron chi connectivity index (χ3n) is 5.45. The molecule has 0 aliphatic heterocycles. The zero-order chi connectivity index (χ0) is 21.3. The lowest BCUT2D eigenvalue weighted by Crippen LogP contribution is -2.33. The highest BCUT2D eigenvalue weighted by Crippen LogP contribution is 2.29. The molecule has 0 saturated heterocycles. The van der Waals surface area contributed by atoms with Gasteiger partial charge in [0.1, 0.15) is 11.6 Å². The largest absolute Gasteiger partial charge is 0.354 e. The van der Waals surface area contributed by atoms with Crippen LogP contribution in [0.3, 0.4) is 0 Å². The molecule has 2 aromatic carbocycles. The maximum Gasteiger partial charge on any atom is 0.291 e. The van der Waals surface area contributed by atoms with Crippen molar-refractivity contribution in [1.29, 1.82) is 0 Å². The summed E-state index contributed by atoms with van der Waals surface area (Å²) in [5.41, 5.74) is 2.33. The molecule has 0 aliphatic carbocycles. The number of fused-ring (bicyclic) bond motifs is 3. The summed E-state index contributed by atoms with van der Waals surface area (Å²) in [5.74, 6) is -0.114. The highest BCUT2D eigenvalue weighted by atomic mass is 32.2. The van der Waals surface area contributed by atoms with Gasteiger partial charge in [-0.2, -0.15) is 5.10 Å². The van der Waals surface area contributed by atoms with Gasteiger partial charge in [-0.05, 0) is 43.4 Å². The fraction of sp³-hybridized carbons (Fsp3) is 0.261. The highest BCUT2D eigenvalue weighted by molar-refractivity contribution is 7.98. The van der Waals surface area contributed by atoms with Gasteiger partial charge in [-0.25, -0.2) is 4.68 Å². The second-order valence-electron chi connectivity index (χ2n) is 7.29. The van der Waals surface area contributed by atoms with E-state index in [9.17, 15) is 9.59 Å². The summed E-state index contributed by atoms with van der Waals surface area (Å²) in [7, 11) is 1.62. The fourth-order valence-electron chi connectivity index (χ4n) is 3.78. The minimum atomic E-state index is -0.527. The van der Waals surface area contributed by atoms with Crippen molar-refractivity contribution in [3.8, 4) is 0 Å². The van der Waals surface area contributed by atoms with Crippen molar-refractivity contribution in [3.63, 3.8) is 0 Å². The lowest BCUT2D eigenvalue weighted by molar-refractivity contribution is -0.123. The molecule has 6 nitrogen and oxygen atoms in total. The predicted octanol–water partition coefficient (Wildman–Crippen LogP) is 3.53. The van der Waals surface area contributed by atoms with Crippen molar-refractivity contribution in [3.05, 3.63) is 70.6 Å². The molecule has 2 aromatic heterocycles. The Balaban J connectivity index is 1.60. The summed E-state index contributed by atoms with van der Waals surface area (Å²) in [5, 5.41) is 8.87. The summed E-state index contributed by atoms with van der Waals surface area (Å²) in [6.07, 6.45) is 4.50. The minimum absolute atomic E-state index is 0.114. The van der Waals surface area contributed by atoms with E-state index in [4.69, 9.17) is 0 Å². The van der Waals surface area contributed by atoms with Crippen molar-refractivity contribution in [2.75, 3.05) is 12.8 Å². The number of nitrogens with zero attached hydrogens (tertiary/aromatic N) is 3. The predicted molar refractivity (Wildman–Crippen MR) is 122 cm³/mol. The molecule has 1 unspecified atom stereocenters. The lowest BCUT2D eigenvalue weighted by Gasteiger charge is -2.16. The summed E-state index contributed by atoms with van der Waals surface area (Å²) in [6, 6.07) is 15.6. The van der Waals surface area contributed by atoms with E-state index in [0.717, 1.165) is 22.7 Å². The molecule has 1 atom stereocenters. The van der Waals surface area contributed by atoms with Crippen LogP contribution in [-0.2, 0) is 18.3 Å². The number of hydrogen-bond acceptors (Lipinski definition) is 4. The zero-order valence-corrected chi connectivity index (χ0v) is 18.1. The molecule has 1 N–H and O–H groups in total. The van der Waals surface area contributed by atoms with E-state index in [1.807, 2.05) is 35.8 Å². The molecule has 1 amide bonds. The topological polar surface area (TPSA) is 68.9 Å². The first kappa shape index (κ1) is 20.2. The first-order valence-corrected chi connectivity index (χ1v) is 11.1. The Hall–Kier alpha value is -3.06. The van der Waals surface area contributed by atoms with Gasteiger partial charge in [0.25, 0.3) is 5.56 Å². The normalized spacial score (nSPS) is 12.4. The van der Waals surface area contributed by atoms with Crippen LogP contribution in [0.15, 0.2) is 64.4 Å². The van der Waals surface area contributed by atoms with E-state index in [0.29, 0.717) is 12.1 Å². The van der Waals surface area contributed by atoms with E-state index in [-0.39, 0.29) is 11.5 Å². The van der Waals surface area contributed by atoms with E-state index < -0.39 is 6.04 Å². The first-order valence-electron chi connectivity index (χ1n) is 9.87. The number of carbonyl (C=O) groups is 1. The van der Waals surface area contributed by atoms with Crippen LogP contribution < -0.4 is 10.9 Å². The number of amides is 1. The molecule has 0 bridgehead atoms. The highest BCUT2D eigenvalue weighted by Gasteiger charge is 2.22. The summed E-state index contributed by atoms with van der Waals surface area (Å²) in [6.45, 7) is 2.37. The quantitative estimate of drug-likeness (QED) is 0.485. The van der Waals surface area contributed by atoms with Crippen LogP contribution in [0.2, 0.25) is 0 Å². The zero-order valence-electron chi connectivity index (χ0n) is 17.3. The average molecular weight is 421 g/mol. The molecular formula is C23H24N4O2S. The molecular weight excluding hydrogens is 396 g/mol. The molecule has 7 heteroatoms. The molecule has 0 radical (unpaired) electrons. The molecule has 0 saturated carbocycles. The minimum Gasteiger partial charge on any atom is -0.354 e. The van der Waals surface area contributed by atoms with Crippen molar-refractivity contribution in [2.45, 2.75) is 24.3 Å². The lowest BCUT2D eigenvalue weighted by atomic mass is 10.1. The van der Waals surface area contributed by atoms with Gasteiger partial charge in [0, 0.05) is 29.3 Å². The Labute approximate surface area is 178 Å². The molecule has 0 spiro atoms. The van der Waals surface area contributed by atoms with Crippen molar-refractivity contribution in [1.82, 2.24) is 19.7 Å². The van der Waals surface area contributed by atoms with Crippen LogP contribution in [0.25, 0.3) is 21.8 Å². The Morgan fingerprint density at radius 3 is 2.60 bits per heavy atom. The van der Waals surface area contributed by atoms with Gasteiger partial charge in [-0.15, -0.1) is 11.8 Å². The smallest absolute Gasteiger partial charge is 0.291 e. The van der Waals surface area contributed by atoms with E-state index >= 15 is 0 Å². The number of carbonyl (C=O) groups excluding carboxylic acids is 1. The van der Waals surface area contributed by atoms with E-state index in [2.05, 4.69) is 40.9 Å². The van der Waals surface area contributed by atoms with E-state index in [1.54, 1.807) is 25.0 Å². The van der Waals surface area contributed by atoms with Gasteiger partial charge < -0.3 is 9.88 Å².